The van der Waals surface area contributed by atoms with E-state index in [1.165, 1.54) is 6.07 Å². The van der Waals surface area contributed by atoms with Crippen molar-refractivity contribution in [3.63, 3.8) is 0 Å². The minimum Gasteiger partial charge on any atom is -0.372 e. The van der Waals surface area contributed by atoms with Gasteiger partial charge in [-0.05, 0) is 38.0 Å². The first-order valence-electron chi connectivity index (χ1n) is 6.08. The van der Waals surface area contributed by atoms with E-state index in [2.05, 4.69) is 5.32 Å². The lowest BCUT2D eigenvalue weighted by atomic mass is 10.2. The Bertz CT molecular complexity index is 447. The van der Waals surface area contributed by atoms with Crippen molar-refractivity contribution < 1.29 is 9.18 Å². The molecule has 1 heterocycles. The van der Waals surface area contributed by atoms with E-state index in [4.69, 9.17) is 11.6 Å². The highest BCUT2D eigenvalue weighted by atomic mass is 35.5. The van der Waals surface area contributed by atoms with Gasteiger partial charge in [0.1, 0.15) is 11.9 Å². The number of rotatable bonds is 3. The second-order valence-corrected chi connectivity index (χ2v) is 4.96. The Hall–Kier alpha value is -1.29. The van der Waals surface area contributed by atoms with Crippen molar-refractivity contribution in [2.45, 2.75) is 25.8 Å². The van der Waals surface area contributed by atoms with Crippen molar-refractivity contribution in [1.82, 2.24) is 4.90 Å². The molecule has 2 rings (SSSR count). The summed E-state index contributed by atoms with van der Waals surface area (Å²) in [5.74, 6) is -0.426. The highest BCUT2D eigenvalue weighted by Gasteiger charge is 2.23. The van der Waals surface area contributed by atoms with E-state index in [9.17, 15) is 9.18 Å². The van der Waals surface area contributed by atoms with Crippen molar-refractivity contribution in [1.29, 1.82) is 0 Å². The van der Waals surface area contributed by atoms with E-state index in [0.717, 1.165) is 25.9 Å². The Balaban J connectivity index is 2.01. The van der Waals surface area contributed by atoms with Crippen LogP contribution in [-0.4, -0.2) is 29.9 Å². The van der Waals surface area contributed by atoms with Crippen LogP contribution in [0.15, 0.2) is 18.2 Å². The van der Waals surface area contributed by atoms with E-state index < -0.39 is 11.9 Å². The molecule has 1 aliphatic heterocycles. The fourth-order valence-electron chi connectivity index (χ4n) is 2.11. The van der Waals surface area contributed by atoms with Gasteiger partial charge >= 0.3 is 0 Å². The van der Waals surface area contributed by atoms with E-state index >= 15 is 0 Å². The highest BCUT2D eigenvalue weighted by Crippen LogP contribution is 2.20. The van der Waals surface area contributed by atoms with Crippen molar-refractivity contribution in [3.05, 3.63) is 29.0 Å². The van der Waals surface area contributed by atoms with Crippen molar-refractivity contribution in [2.75, 3.05) is 18.4 Å². The molecular weight excluding hydrogens is 255 g/mol. The van der Waals surface area contributed by atoms with Gasteiger partial charge in [-0.1, -0.05) is 11.6 Å². The van der Waals surface area contributed by atoms with Gasteiger partial charge in [0.15, 0.2) is 0 Å². The minimum absolute atomic E-state index is 0.0156. The summed E-state index contributed by atoms with van der Waals surface area (Å²) < 4.78 is 13.6. The summed E-state index contributed by atoms with van der Waals surface area (Å²) in [6.45, 7) is 3.34. The predicted molar refractivity (Wildman–Crippen MR) is 70.3 cm³/mol. The molecule has 1 aromatic carbocycles. The number of halogens is 2. The van der Waals surface area contributed by atoms with Gasteiger partial charge in [0, 0.05) is 18.1 Å². The standard InChI is InChI=1S/C13H16ClFN2O/c1-9(13(18)17-6-2-3-7-17)16-12-5-4-10(14)8-11(12)15/h4-5,8-9,16H,2-3,6-7H2,1H3. The minimum atomic E-state index is -0.441. The second-order valence-electron chi connectivity index (χ2n) is 4.52. The Morgan fingerprint density at radius 2 is 2.11 bits per heavy atom. The number of likely N-dealkylation sites (tertiary alicyclic amines) is 1. The van der Waals surface area contributed by atoms with Crippen LogP contribution in [0.4, 0.5) is 10.1 Å². The largest absolute Gasteiger partial charge is 0.372 e. The van der Waals surface area contributed by atoms with Crippen LogP contribution in [0.5, 0.6) is 0 Å². The first-order chi connectivity index (χ1) is 8.58. The molecule has 1 atom stereocenters. The Kier molecular flexibility index (Phi) is 4.07. The summed E-state index contributed by atoms with van der Waals surface area (Å²) in [6, 6.07) is 3.95. The fourth-order valence-corrected chi connectivity index (χ4v) is 2.27. The molecule has 3 nitrogen and oxygen atoms in total. The summed E-state index contributed by atoms with van der Waals surface area (Å²) in [6.07, 6.45) is 2.10. The zero-order valence-electron chi connectivity index (χ0n) is 10.2. The summed E-state index contributed by atoms with van der Waals surface area (Å²) in [5.41, 5.74) is 0.305. The van der Waals surface area contributed by atoms with Crippen LogP contribution in [0, 0.1) is 5.82 Å². The number of carbonyl (C=O) groups excluding carboxylic acids is 1. The van der Waals surface area contributed by atoms with Gasteiger partial charge in [-0.15, -0.1) is 0 Å². The third kappa shape index (κ3) is 2.93. The Morgan fingerprint density at radius 1 is 1.44 bits per heavy atom. The molecule has 1 aromatic rings. The molecule has 1 aliphatic rings. The quantitative estimate of drug-likeness (QED) is 0.916. The molecule has 1 fully saturated rings. The lowest BCUT2D eigenvalue weighted by Crippen LogP contribution is -2.39. The van der Waals surface area contributed by atoms with E-state index in [0.29, 0.717) is 10.7 Å². The summed E-state index contributed by atoms with van der Waals surface area (Å²) >= 11 is 5.68. The Morgan fingerprint density at radius 3 is 2.72 bits per heavy atom. The van der Waals surface area contributed by atoms with Crippen LogP contribution < -0.4 is 5.32 Å². The second kappa shape index (κ2) is 5.57. The first-order valence-corrected chi connectivity index (χ1v) is 6.46. The number of anilines is 1. The lowest BCUT2D eigenvalue weighted by Gasteiger charge is -2.22. The van der Waals surface area contributed by atoms with Crippen LogP contribution in [0.1, 0.15) is 19.8 Å². The smallest absolute Gasteiger partial charge is 0.244 e. The zero-order chi connectivity index (χ0) is 13.1. The molecule has 5 heteroatoms. The third-order valence-corrected chi connectivity index (χ3v) is 3.33. The monoisotopic (exact) mass is 270 g/mol. The van der Waals surface area contributed by atoms with Gasteiger partial charge in [-0.2, -0.15) is 0 Å². The molecule has 1 saturated heterocycles. The number of nitrogens with one attached hydrogen (secondary N) is 1. The van der Waals surface area contributed by atoms with Gasteiger partial charge in [0.25, 0.3) is 0 Å². The van der Waals surface area contributed by atoms with E-state index in [1.807, 2.05) is 4.90 Å². The highest BCUT2D eigenvalue weighted by molar-refractivity contribution is 6.30. The normalized spacial score (nSPS) is 16.7. The molecule has 1 unspecified atom stereocenters. The first kappa shape index (κ1) is 13.1. The van der Waals surface area contributed by atoms with Crippen LogP contribution in [0.2, 0.25) is 5.02 Å². The van der Waals surface area contributed by atoms with E-state index in [1.54, 1.807) is 19.1 Å². The summed E-state index contributed by atoms with van der Waals surface area (Å²) in [7, 11) is 0. The maximum absolute atomic E-state index is 13.6. The van der Waals surface area contributed by atoms with Crippen LogP contribution >= 0.6 is 11.6 Å². The maximum Gasteiger partial charge on any atom is 0.244 e. The molecule has 1 N–H and O–H groups in total. The number of hydrogen-bond acceptors (Lipinski definition) is 2. The molecule has 18 heavy (non-hydrogen) atoms. The SMILES string of the molecule is CC(Nc1ccc(Cl)cc1F)C(=O)N1CCCC1. The predicted octanol–water partition coefficient (Wildman–Crippen LogP) is 2.90. The molecule has 0 saturated carbocycles. The number of benzene rings is 1. The van der Waals surface area contributed by atoms with Crippen LogP contribution in [-0.2, 0) is 4.79 Å². The molecule has 0 aliphatic carbocycles. The summed E-state index contributed by atoms with van der Waals surface area (Å²) in [4.78, 5) is 13.9. The number of amides is 1. The third-order valence-electron chi connectivity index (χ3n) is 3.09. The van der Waals surface area contributed by atoms with Crippen LogP contribution in [0.25, 0.3) is 0 Å². The maximum atomic E-state index is 13.6. The van der Waals surface area contributed by atoms with Crippen molar-refractivity contribution in [2.24, 2.45) is 0 Å². The van der Waals surface area contributed by atoms with E-state index in [-0.39, 0.29) is 5.91 Å². The number of hydrogen-bond donors (Lipinski definition) is 1. The lowest BCUT2D eigenvalue weighted by molar-refractivity contribution is -0.130. The molecule has 0 bridgehead atoms. The average molecular weight is 271 g/mol. The molecule has 0 spiro atoms. The number of nitrogens with zero attached hydrogens (tertiary/aromatic N) is 1. The van der Waals surface area contributed by atoms with Crippen molar-refractivity contribution in [3.8, 4) is 0 Å². The molecule has 0 aromatic heterocycles. The topological polar surface area (TPSA) is 32.3 Å². The van der Waals surface area contributed by atoms with Gasteiger partial charge < -0.3 is 10.2 Å². The molecule has 1 amide bonds. The Labute approximate surface area is 111 Å². The van der Waals surface area contributed by atoms with Gasteiger partial charge in [-0.25, -0.2) is 4.39 Å². The molecule has 98 valence electrons. The van der Waals surface area contributed by atoms with Crippen LogP contribution in [0.3, 0.4) is 0 Å². The summed E-state index contributed by atoms with van der Waals surface area (Å²) in [5, 5.41) is 3.23. The number of carbonyl (C=O) groups is 1. The van der Waals surface area contributed by atoms with Gasteiger partial charge in [0.05, 0.1) is 5.69 Å². The molecular formula is C13H16ClFN2O. The van der Waals surface area contributed by atoms with Crippen molar-refractivity contribution >= 4 is 23.2 Å². The van der Waals surface area contributed by atoms with Gasteiger partial charge in [0.2, 0.25) is 5.91 Å². The van der Waals surface area contributed by atoms with Gasteiger partial charge in [-0.3, -0.25) is 4.79 Å². The average Bonchev–Trinajstić information content (AvgIpc) is 2.85. The molecule has 0 radical (unpaired) electrons. The zero-order valence-corrected chi connectivity index (χ0v) is 11.0. The fraction of sp³-hybridized carbons (Fsp3) is 0.462.